The SMILES string of the molecule is Cc1cccc(CC(Br)OCc2ccccc2)c1. The third-order valence-corrected chi connectivity index (χ3v) is 3.34. The molecule has 0 amide bonds. The number of ether oxygens (including phenoxy) is 1. The van der Waals surface area contributed by atoms with Crippen LogP contribution in [0.1, 0.15) is 16.7 Å². The molecular formula is C16H17BrO. The lowest BCUT2D eigenvalue weighted by atomic mass is 10.1. The predicted octanol–water partition coefficient (Wildman–Crippen LogP) is 4.48. The summed E-state index contributed by atoms with van der Waals surface area (Å²) >= 11 is 3.57. The van der Waals surface area contributed by atoms with E-state index in [2.05, 4.69) is 59.3 Å². The van der Waals surface area contributed by atoms with Gasteiger partial charge in [0.15, 0.2) is 0 Å². The van der Waals surface area contributed by atoms with Crippen molar-refractivity contribution in [2.24, 2.45) is 0 Å². The van der Waals surface area contributed by atoms with Gasteiger partial charge in [-0.3, -0.25) is 0 Å². The highest BCUT2D eigenvalue weighted by Gasteiger charge is 2.06. The second-order valence-electron chi connectivity index (χ2n) is 4.40. The first-order valence-corrected chi connectivity index (χ1v) is 7.01. The maximum Gasteiger partial charge on any atom is 0.116 e. The first-order valence-electron chi connectivity index (χ1n) is 6.09. The molecule has 1 nitrogen and oxygen atoms in total. The average molecular weight is 305 g/mol. The Hall–Kier alpha value is -1.12. The second-order valence-corrected chi connectivity index (χ2v) is 5.42. The zero-order valence-electron chi connectivity index (χ0n) is 10.5. The van der Waals surface area contributed by atoms with Crippen LogP contribution in [0.25, 0.3) is 0 Å². The Balaban J connectivity index is 1.84. The Morgan fingerprint density at radius 3 is 2.44 bits per heavy atom. The van der Waals surface area contributed by atoms with E-state index in [0.29, 0.717) is 6.61 Å². The van der Waals surface area contributed by atoms with Gasteiger partial charge in [-0.05, 0) is 18.1 Å². The van der Waals surface area contributed by atoms with E-state index in [9.17, 15) is 0 Å². The van der Waals surface area contributed by atoms with Gasteiger partial charge in [0, 0.05) is 6.42 Å². The summed E-state index contributed by atoms with van der Waals surface area (Å²) in [7, 11) is 0. The average Bonchev–Trinajstić information content (AvgIpc) is 2.38. The van der Waals surface area contributed by atoms with Crippen LogP contribution in [0.4, 0.5) is 0 Å². The first-order chi connectivity index (χ1) is 8.74. The molecule has 0 radical (unpaired) electrons. The van der Waals surface area contributed by atoms with Crippen LogP contribution in [-0.4, -0.2) is 5.01 Å². The minimum atomic E-state index is 0.0551. The van der Waals surface area contributed by atoms with Crippen molar-refractivity contribution < 1.29 is 4.74 Å². The quantitative estimate of drug-likeness (QED) is 0.740. The molecule has 2 rings (SSSR count). The van der Waals surface area contributed by atoms with Crippen LogP contribution in [0.15, 0.2) is 54.6 Å². The van der Waals surface area contributed by atoms with Crippen molar-refractivity contribution >= 4 is 15.9 Å². The van der Waals surface area contributed by atoms with E-state index in [1.807, 2.05) is 18.2 Å². The number of aryl methyl sites for hydroxylation is 1. The number of rotatable bonds is 5. The van der Waals surface area contributed by atoms with Crippen molar-refractivity contribution in [2.45, 2.75) is 25.0 Å². The molecule has 0 N–H and O–H groups in total. The third kappa shape index (κ3) is 4.28. The Labute approximate surface area is 117 Å². The fourth-order valence-electron chi connectivity index (χ4n) is 1.84. The molecule has 0 bridgehead atoms. The van der Waals surface area contributed by atoms with E-state index in [4.69, 9.17) is 4.74 Å². The molecule has 0 saturated heterocycles. The lowest BCUT2D eigenvalue weighted by molar-refractivity contribution is 0.104. The Morgan fingerprint density at radius 1 is 1.00 bits per heavy atom. The summed E-state index contributed by atoms with van der Waals surface area (Å²) in [5, 5.41) is 0.0551. The zero-order valence-corrected chi connectivity index (χ0v) is 12.1. The summed E-state index contributed by atoms with van der Waals surface area (Å²) in [6.07, 6.45) is 0.883. The lowest BCUT2D eigenvalue weighted by Gasteiger charge is -2.12. The van der Waals surface area contributed by atoms with Crippen molar-refractivity contribution in [3.63, 3.8) is 0 Å². The molecule has 0 aliphatic heterocycles. The molecule has 2 aromatic rings. The number of benzene rings is 2. The summed E-state index contributed by atoms with van der Waals surface area (Å²) < 4.78 is 5.79. The Morgan fingerprint density at radius 2 is 1.72 bits per heavy atom. The standard InChI is InChI=1S/C16H17BrO/c1-13-6-5-9-15(10-13)11-16(17)18-12-14-7-3-2-4-8-14/h2-10,16H,11-12H2,1H3. The van der Waals surface area contributed by atoms with Gasteiger partial charge in [-0.15, -0.1) is 0 Å². The highest BCUT2D eigenvalue weighted by atomic mass is 79.9. The molecule has 0 saturated carbocycles. The van der Waals surface area contributed by atoms with E-state index >= 15 is 0 Å². The second kappa shape index (κ2) is 6.72. The molecule has 0 spiro atoms. The molecule has 2 heteroatoms. The normalized spacial score (nSPS) is 12.3. The van der Waals surface area contributed by atoms with Crippen LogP contribution in [0.3, 0.4) is 0 Å². The van der Waals surface area contributed by atoms with Crippen LogP contribution in [-0.2, 0) is 17.8 Å². The van der Waals surface area contributed by atoms with Crippen molar-refractivity contribution in [2.75, 3.05) is 0 Å². The van der Waals surface area contributed by atoms with Crippen molar-refractivity contribution in [3.05, 3.63) is 71.3 Å². The maximum atomic E-state index is 5.79. The highest BCUT2D eigenvalue weighted by molar-refractivity contribution is 9.09. The van der Waals surface area contributed by atoms with E-state index in [1.165, 1.54) is 16.7 Å². The molecule has 0 fully saturated rings. The van der Waals surface area contributed by atoms with Crippen molar-refractivity contribution in [1.29, 1.82) is 0 Å². The lowest BCUT2D eigenvalue weighted by Crippen LogP contribution is -2.08. The van der Waals surface area contributed by atoms with Gasteiger partial charge < -0.3 is 4.74 Å². The molecule has 2 aromatic carbocycles. The minimum absolute atomic E-state index is 0.0551. The van der Waals surface area contributed by atoms with Gasteiger partial charge in [-0.2, -0.15) is 0 Å². The monoisotopic (exact) mass is 304 g/mol. The zero-order chi connectivity index (χ0) is 12.8. The summed E-state index contributed by atoms with van der Waals surface area (Å²) in [5.41, 5.74) is 3.78. The van der Waals surface area contributed by atoms with Gasteiger partial charge in [0.2, 0.25) is 0 Å². The fraction of sp³-hybridized carbons (Fsp3) is 0.250. The van der Waals surface area contributed by atoms with Gasteiger partial charge >= 0.3 is 0 Å². The molecule has 0 heterocycles. The summed E-state index contributed by atoms with van der Waals surface area (Å²) in [6.45, 7) is 2.75. The van der Waals surface area contributed by atoms with Gasteiger partial charge in [0.05, 0.1) is 6.61 Å². The van der Waals surface area contributed by atoms with Gasteiger partial charge in [0.25, 0.3) is 0 Å². The molecule has 0 aliphatic carbocycles. The molecular weight excluding hydrogens is 288 g/mol. The first kappa shape index (κ1) is 13.3. The molecule has 1 unspecified atom stereocenters. The van der Waals surface area contributed by atoms with Crippen LogP contribution < -0.4 is 0 Å². The predicted molar refractivity (Wildman–Crippen MR) is 78.8 cm³/mol. The largest absolute Gasteiger partial charge is 0.362 e. The third-order valence-electron chi connectivity index (χ3n) is 2.75. The molecule has 0 aliphatic rings. The van der Waals surface area contributed by atoms with E-state index in [0.717, 1.165) is 6.42 Å². The number of hydrogen-bond donors (Lipinski definition) is 0. The number of alkyl halides is 1. The van der Waals surface area contributed by atoms with E-state index in [1.54, 1.807) is 0 Å². The van der Waals surface area contributed by atoms with Crippen LogP contribution in [0.5, 0.6) is 0 Å². The van der Waals surface area contributed by atoms with Gasteiger partial charge in [0.1, 0.15) is 5.01 Å². The molecule has 0 aromatic heterocycles. The van der Waals surface area contributed by atoms with Crippen molar-refractivity contribution in [1.82, 2.24) is 0 Å². The van der Waals surface area contributed by atoms with Gasteiger partial charge in [-0.25, -0.2) is 0 Å². The maximum absolute atomic E-state index is 5.79. The molecule has 18 heavy (non-hydrogen) atoms. The summed E-state index contributed by atoms with van der Waals surface area (Å²) in [5.74, 6) is 0. The van der Waals surface area contributed by atoms with Crippen LogP contribution in [0, 0.1) is 6.92 Å². The van der Waals surface area contributed by atoms with E-state index in [-0.39, 0.29) is 5.01 Å². The van der Waals surface area contributed by atoms with Crippen LogP contribution in [0.2, 0.25) is 0 Å². The molecule has 1 atom stereocenters. The fourth-order valence-corrected chi connectivity index (χ4v) is 2.35. The van der Waals surface area contributed by atoms with Crippen LogP contribution >= 0.6 is 15.9 Å². The summed E-state index contributed by atoms with van der Waals surface area (Å²) in [4.78, 5) is 0. The number of halogens is 1. The topological polar surface area (TPSA) is 9.23 Å². The molecule has 94 valence electrons. The summed E-state index contributed by atoms with van der Waals surface area (Å²) in [6, 6.07) is 18.7. The minimum Gasteiger partial charge on any atom is -0.362 e. The highest BCUT2D eigenvalue weighted by Crippen LogP contribution is 2.14. The van der Waals surface area contributed by atoms with Gasteiger partial charge in [-0.1, -0.05) is 76.1 Å². The van der Waals surface area contributed by atoms with E-state index < -0.39 is 0 Å². The smallest absolute Gasteiger partial charge is 0.116 e. The Bertz CT molecular complexity index is 481. The number of hydrogen-bond acceptors (Lipinski definition) is 1. The Kier molecular flexibility index (Phi) is 4.97. The van der Waals surface area contributed by atoms with Crippen molar-refractivity contribution in [3.8, 4) is 0 Å².